The van der Waals surface area contributed by atoms with Gasteiger partial charge in [0, 0.05) is 65.4 Å². The number of rotatable bonds is 6. The first-order valence-corrected chi connectivity index (χ1v) is 12.3. The predicted molar refractivity (Wildman–Crippen MR) is 146 cm³/mol. The van der Waals surface area contributed by atoms with Gasteiger partial charge in [-0.15, -0.1) is 0 Å². The van der Waals surface area contributed by atoms with E-state index >= 15 is 0 Å². The van der Waals surface area contributed by atoms with E-state index in [0.717, 1.165) is 37.1 Å². The van der Waals surface area contributed by atoms with Crippen LogP contribution in [0.15, 0.2) is 57.8 Å². The van der Waals surface area contributed by atoms with Crippen molar-refractivity contribution in [2.75, 3.05) is 14.2 Å². The van der Waals surface area contributed by atoms with E-state index in [9.17, 15) is 5.11 Å². The van der Waals surface area contributed by atoms with Crippen LogP contribution in [0.4, 0.5) is 0 Å². The van der Waals surface area contributed by atoms with E-state index in [-0.39, 0.29) is 16.8 Å². The summed E-state index contributed by atoms with van der Waals surface area (Å²) in [7, 11) is 3.17. The molecule has 0 aromatic heterocycles. The second-order valence-corrected chi connectivity index (χ2v) is 10.7. The number of ether oxygens (including phenoxy) is 1. The summed E-state index contributed by atoms with van der Waals surface area (Å²) in [5.74, 6) is 0.545. The molecule has 0 bridgehead atoms. The SMILES string of the molecule is CCC1=CC(c2ccc(C(N)=CC(=NC)OC)cc2O)=NC=C(NC2CC(C)(C)NC(C)(C)C2)C1. The standard InChI is InChI=1S/C28H41N5O2/c1-8-18-11-20(32-21-15-27(2,3)33-28(4,5)16-21)17-31-24(12-18)22-10-9-19(13-25(22)34)23(29)14-26(30-6)35-7/h9-10,12-14,17,21,32-34H,8,11,15-16,29H2,1-7H3. The summed E-state index contributed by atoms with van der Waals surface area (Å²) in [6.45, 7) is 11.2. The van der Waals surface area contributed by atoms with Gasteiger partial charge in [0.15, 0.2) is 0 Å². The lowest BCUT2D eigenvalue weighted by Crippen LogP contribution is -2.61. The highest BCUT2D eigenvalue weighted by atomic mass is 16.5. The number of nitrogens with one attached hydrogen (secondary N) is 2. The zero-order valence-electron chi connectivity index (χ0n) is 22.2. The molecule has 2 aliphatic heterocycles. The number of hydrogen-bond donors (Lipinski definition) is 4. The van der Waals surface area contributed by atoms with Crippen molar-refractivity contribution in [1.82, 2.24) is 10.6 Å². The summed E-state index contributed by atoms with van der Waals surface area (Å²) in [5.41, 5.74) is 11.3. The molecule has 0 radical (unpaired) electrons. The second-order valence-electron chi connectivity index (χ2n) is 10.7. The van der Waals surface area contributed by atoms with Gasteiger partial charge in [-0.1, -0.05) is 18.6 Å². The Hall–Kier alpha value is -3.06. The van der Waals surface area contributed by atoms with Crippen molar-refractivity contribution in [3.05, 3.63) is 58.9 Å². The fraction of sp³-hybridized carbons (Fsp3) is 0.500. The van der Waals surface area contributed by atoms with Crippen molar-refractivity contribution in [3.63, 3.8) is 0 Å². The first-order chi connectivity index (χ1) is 16.4. The zero-order chi connectivity index (χ0) is 25.8. The Balaban J connectivity index is 1.87. The molecule has 1 aromatic carbocycles. The number of nitrogens with two attached hydrogens (primary N) is 1. The van der Waals surface area contributed by atoms with Crippen LogP contribution < -0.4 is 16.4 Å². The normalized spacial score (nSPS) is 20.9. The predicted octanol–water partition coefficient (Wildman–Crippen LogP) is 4.64. The molecule has 0 amide bonds. The molecule has 0 atom stereocenters. The Labute approximate surface area is 210 Å². The van der Waals surface area contributed by atoms with Crippen LogP contribution in [-0.4, -0.2) is 48.0 Å². The Morgan fingerprint density at radius 2 is 1.97 bits per heavy atom. The number of allylic oxidation sites excluding steroid dienone is 2. The highest BCUT2D eigenvalue weighted by molar-refractivity contribution is 6.11. The van der Waals surface area contributed by atoms with Gasteiger partial charge in [-0.25, -0.2) is 0 Å². The summed E-state index contributed by atoms with van der Waals surface area (Å²) in [6.07, 6.45) is 9.45. The molecule has 190 valence electrons. The van der Waals surface area contributed by atoms with Crippen LogP contribution in [0, 0.1) is 0 Å². The largest absolute Gasteiger partial charge is 0.507 e. The van der Waals surface area contributed by atoms with E-state index in [1.54, 1.807) is 19.2 Å². The highest BCUT2D eigenvalue weighted by Crippen LogP contribution is 2.31. The number of piperidine rings is 1. The Kier molecular flexibility index (Phi) is 8.11. The molecule has 0 saturated carbocycles. The topological polar surface area (TPSA) is 104 Å². The molecular weight excluding hydrogens is 438 g/mol. The van der Waals surface area contributed by atoms with Gasteiger partial charge < -0.3 is 26.2 Å². The van der Waals surface area contributed by atoms with Gasteiger partial charge in [0.05, 0.1) is 12.8 Å². The van der Waals surface area contributed by atoms with Crippen LogP contribution in [0.3, 0.4) is 0 Å². The molecule has 1 fully saturated rings. The van der Waals surface area contributed by atoms with Gasteiger partial charge >= 0.3 is 0 Å². The fourth-order valence-electron chi connectivity index (χ4n) is 5.23. The summed E-state index contributed by atoms with van der Waals surface area (Å²) in [5, 5.41) is 18.4. The van der Waals surface area contributed by atoms with E-state index in [0.29, 0.717) is 28.8 Å². The highest BCUT2D eigenvalue weighted by Gasteiger charge is 2.37. The number of phenolic OH excluding ortho intramolecular Hbond substituents is 1. The lowest BCUT2D eigenvalue weighted by molar-refractivity contribution is 0.151. The summed E-state index contributed by atoms with van der Waals surface area (Å²) in [4.78, 5) is 8.79. The summed E-state index contributed by atoms with van der Waals surface area (Å²) in [6, 6.07) is 5.75. The average molecular weight is 480 g/mol. The van der Waals surface area contributed by atoms with E-state index < -0.39 is 0 Å². The molecule has 0 unspecified atom stereocenters. The quantitative estimate of drug-likeness (QED) is 0.352. The molecule has 7 heteroatoms. The van der Waals surface area contributed by atoms with Crippen LogP contribution in [-0.2, 0) is 4.74 Å². The van der Waals surface area contributed by atoms with E-state index in [1.165, 1.54) is 12.7 Å². The monoisotopic (exact) mass is 479 g/mol. The van der Waals surface area contributed by atoms with Crippen molar-refractivity contribution in [2.24, 2.45) is 15.7 Å². The number of aliphatic imine (C=N–C) groups is 2. The van der Waals surface area contributed by atoms with Crippen molar-refractivity contribution in [1.29, 1.82) is 0 Å². The molecule has 1 aromatic rings. The third kappa shape index (κ3) is 6.98. The number of benzene rings is 1. The molecule has 0 aliphatic carbocycles. The first kappa shape index (κ1) is 26.5. The molecule has 35 heavy (non-hydrogen) atoms. The molecule has 3 rings (SSSR count). The molecule has 2 heterocycles. The van der Waals surface area contributed by atoms with E-state index in [2.05, 4.69) is 56.3 Å². The van der Waals surface area contributed by atoms with Gasteiger partial charge in [-0.2, -0.15) is 0 Å². The molecule has 5 N–H and O–H groups in total. The smallest absolute Gasteiger partial charge is 0.210 e. The fourth-order valence-corrected chi connectivity index (χ4v) is 5.23. The Bertz CT molecular complexity index is 1080. The molecule has 0 spiro atoms. The molecule has 1 saturated heterocycles. The number of nitrogens with zero attached hydrogens (tertiary/aromatic N) is 2. The Morgan fingerprint density at radius 1 is 1.29 bits per heavy atom. The minimum atomic E-state index is 0.0688. The maximum atomic E-state index is 10.8. The van der Waals surface area contributed by atoms with E-state index in [4.69, 9.17) is 15.5 Å². The second kappa shape index (κ2) is 10.7. The van der Waals surface area contributed by atoms with Gasteiger partial charge in [-0.05, 0) is 65.2 Å². The van der Waals surface area contributed by atoms with Crippen LogP contribution in [0.25, 0.3) is 5.70 Å². The lowest BCUT2D eigenvalue weighted by Gasteiger charge is -2.47. The van der Waals surface area contributed by atoms with Gasteiger partial charge in [0.1, 0.15) is 5.75 Å². The zero-order valence-corrected chi connectivity index (χ0v) is 22.2. The molecule has 7 nitrogen and oxygen atoms in total. The Morgan fingerprint density at radius 3 is 2.54 bits per heavy atom. The van der Waals surface area contributed by atoms with Crippen molar-refractivity contribution >= 4 is 17.3 Å². The third-order valence-corrected chi connectivity index (χ3v) is 6.47. The third-order valence-electron chi connectivity index (χ3n) is 6.47. The number of methoxy groups -OCH3 is 1. The number of aromatic hydroxyl groups is 1. The summed E-state index contributed by atoms with van der Waals surface area (Å²) < 4.78 is 5.15. The van der Waals surface area contributed by atoms with Gasteiger partial charge in [0.25, 0.3) is 0 Å². The number of hydrogen-bond acceptors (Lipinski definition) is 7. The van der Waals surface area contributed by atoms with Crippen molar-refractivity contribution in [3.8, 4) is 5.75 Å². The minimum Gasteiger partial charge on any atom is -0.507 e. The average Bonchev–Trinajstić information content (AvgIpc) is 2.97. The van der Waals surface area contributed by atoms with Gasteiger partial charge in [-0.3, -0.25) is 9.98 Å². The molecular formula is C28H41N5O2. The van der Waals surface area contributed by atoms with Crippen LogP contribution >= 0.6 is 0 Å². The maximum absolute atomic E-state index is 10.8. The van der Waals surface area contributed by atoms with Crippen LogP contribution in [0.2, 0.25) is 0 Å². The van der Waals surface area contributed by atoms with Crippen molar-refractivity contribution < 1.29 is 9.84 Å². The number of phenols is 1. The molecule has 2 aliphatic rings. The minimum absolute atomic E-state index is 0.0688. The van der Waals surface area contributed by atoms with Gasteiger partial charge in [0.2, 0.25) is 5.90 Å². The van der Waals surface area contributed by atoms with Crippen LogP contribution in [0.1, 0.15) is 71.4 Å². The summed E-state index contributed by atoms with van der Waals surface area (Å²) >= 11 is 0. The van der Waals surface area contributed by atoms with E-state index in [1.807, 2.05) is 18.3 Å². The van der Waals surface area contributed by atoms with Crippen LogP contribution in [0.5, 0.6) is 5.75 Å². The van der Waals surface area contributed by atoms with Crippen molar-refractivity contribution in [2.45, 2.75) is 77.4 Å². The lowest BCUT2D eigenvalue weighted by atomic mass is 9.79. The maximum Gasteiger partial charge on any atom is 0.210 e. The first-order valence-electron chi connectivity index (χ1n) is 12.3.